The molecule has 1 unspecified atom stereocenters. The Balaban J connectivity index is 2.75. The first-order valence-electron chi connectivity index (χ1n) is 4.57. The third-order valence-corrected chi connectivity index (χ3v) is 2.09. The first-order valence-corrected chi connectivity index (χ1v) is 4.57. The Bertz CT molecular complexity index is 351. The molecular formula is C10H10F3NO2. The second kappa shape index (κ2) is 4.96. The zero-order valence-electron chi connectivity index (χ0n) is 8.24. The number of carbonyl (C=O) groups is 1. The van der Waals surface area contributed by atoms with Gasteiger partial charge < -0.3 is 5.11 Å². The highest BCUT2D eigenvalue weighted by atomic mass is 19.4. The highest BCUT2D eigenvalue weighted by Crippen LogP contribution is 2.31. The van der Waals surface area contributed by atoms with E-state index in [1.165, 1.54) is 24.5 Å². The van der Waals surface area contributed by atoms with E-state index in [4.69, 9.17) is 5.11 Å². The van der Waals surface area contributed by atoms with Gasteiger partial charge in [-0.2, -0.15) is 13.2 Å². The number of rotatable bonds is 4. The van der Waals surface area contributed by atoms with Crippen LogP contribution in [-0.4, -0.2) is 22.2 Å². The molecule has 88 valence electrons. The average Bonchev–Trinajstić information content (AvgIpc) is 2.16. The molecule has 1 atom stereocenters. The molecule has 0 saturated carbocycles. The van der Waals surface area contributed by atoms with Gasteiger partial charge in [-0.3, -0.25) is 9.78 Å². The summed E-state index contributed by atoms with van der Waals surface area (Å²) >= 11 is 0. The van der Waals surface area contributed by atoms with E-state index < -0.39 is 24.5 Å². The third kappa shape index (κ3) is 3.88. The van der Waals surface area contributed by atoms with Crippen molar-refractivity contribution in [1.82, 2.24) is 4.98 Å². The van der Waals surface area contributed by atoms with Crippen molar-refractivity contribution in [1.29, 1.82) is 0 Å². The van der Waals surface area contributed by atoms with Crippen LogP contribution in [0.25, 0.3) is 0 Å². The van der Waals surface area contributed by atoms with Gasteiger partial charge in [-0.25, -0.2) is 0 Å². The van der Waals surface area contributed by atoms with Gasteiger partial charge >= 0.3 is 12.1 Å². The van der Waals surface area contributed by atoms with Crippen LogP contribution in [0.5, 0.6) is 0 Å². The number of hydrogen-bond donors (Lipinski definition) is 1. The summed E-state index contributed by atoms with van der Waals surface area (Å²) in [5, 5.41) is 8.41. The molecule has 0 aliphatic carbocycles. The smallest absolute Gasteiger partial charge is 0.392 e. The number of aromatic nitrogens is 1. The SMILES string of the molecule is O=C(O)CC(Cc1cccnc1)C(F)(F)F. The number of alkyl halides is 3. The van der Waals surface area contributed by atoms with Crippen LogP contribution in [-0.2, 0) is 11.2 Å². The summed E-state index contributed by atoms with van der Waals surface area (Å²) in [6, 6.07) is 3.01. The molecule has 1 rings (SSSR count). The number of hydrogen-bond acceptors (Lipinski definition) is 2. The Morgan fingerprint density at radius 2 is 2.19 bits per heavy atom. The lowest BCUT2D eigenvalue weighted by atomic mass is 9.97. The van der Waals surface area contributed by atoms with E-state index in [0.717, 1.165) is 0 Å². The minimum atomic E-state index is -4.51. The topological polar surface area (TPSA) is 50.2 Å². The van der Waals surface area contributed by atoms with Gasteiger partial charge in [-0.1, -0.05) is 6.07 Å². The van der Waals surface area contributed by atoms with E-state index in [9.17, 15) is 18.0 Å². The lowest BCUT2D eigenvalue weighted by molar-refractivity contribution is -0.182. The largest absolute Gasteiger partial charge is 0.481 e. The van der Waals surface area contributed by atoms with Gasteiger partial charge in [-0.05, 0) is 18.1 Å². The molecule has 1 aromatic heterocycles. The van der Waals surface area contributed by atoms with Crippen LogP contribution in [0.4, 0.5) is 13.2 Å². The summed E-state index contributed by atoms with van der Waals surface area (Å²) in [6.45, 7) is 0. The minimum absolute atomic E-state index is 0.357. The molecule has 0 amide bonds. The first-order chi connectivity index (χ1) is 7.39. The number of carboxylic acid groups (broad SMARTS) is 1. The van der Waals surface area contributed by atoms with Gasteiger partial charge in [0.15, 0.2) is 0 Å². The number of halogens is 3. The number of nitrogens with zero attached hydrogens (tertiary/aromatic N) is 1. The maximum atomic E-state index is 12.5. The van der Waals surface area contributed by atoms with Crippen LogP contribution in [0.1, 0.15) is 12.0 Å². The summed E-state index contributed by atoms with van der Waals surface area (Å²) in [5.41, 5.74) is 0.381. The van der Waals surface area contributed by atoms with E-state index >= 15 is 0 Å². The Morgan fingerprint density at radius 3 is 2.62 bits per heavy atom. The zero-order chi connectivity index (χ0) is 12.2. The van der Waals surface area contributed by atoms with Crippen molar-refractivity contribution < 1.29 is 23.1 Å². The Labute approximate surface area is 89.9 Å². The fourth-order valence-corrected chi connectivity index (χ4v) is 1.32. The molecule has 1 heterocycles. The monoisotopic (exact) mass is 233 g/mol. The molecule has 0 fully saturated rings. The van der Waals surface area contributed by atoms with E-state index in [1.54, 1.807) is 0 Å². The molecule has 0 saturated heterocycles. The van der Waals surface area contributed by atoms with Crippen molar-refractivity contribution >= 4 is 5.97 Å². The number of carboxylic acids is 1. The molecule has 1 N–H and O–H groups in total. The summed E-state index contributed by atoms with van der Waals surface area (Å²) in [6.07, 6.45) is -3.03. The summed E-state index contributed by atoms with van der Waals surface area (Å²) < 4.78 is 37.4. The van der Waals surface area contributed by atoms with E-state index in [1.807, 2.05) is 0 Å². The van der Waals surface area contributed by atoms with Gasteiger partial charge in [0.2, 0.25) is 0 Å². The van der Waals surface area contributed by atoms with Crippen molar-refractivity contribution in [2.45, 2.75) is 19.0 Å². The van der Waals surface area contributed by atoms with Gasteiger partial charge in [0.05, 0.1) is 12.3 Å². The van der Waals surface area contributed by atoms with Crippen LogP contribution in [0.3, 0.4) is 0 Å². The van der Waals surface area contributed by atoms with E-state index in [2.05, 4.69) is 4.98 Å². The highest BCUT2D eigenvalue weighted by molar-refractivity contribution is 5.67. The Hall–Kier alpha value is -1.59. The van der Waals surface area contributed by atoms with Crippen LogP contribution >= 0.6 is 0 Å². The summed E-state index contributed by atoms with van der Waals surface area (Å²) in [5.74, 6) is -3.32. The molecule has 3 nitrogen and oxygen atoms in total. The summed E-state index contributed by atoms with van der Waals surface area (Å²) in [7, 11) is 0. The molecular weight excluding hydrogens is 223 g/mol. The first kappa shape index (κ1) is 12.5. The molecule has 0 aliphatic rings. The van der Waals surface area contributed by atoms with Crippen molar-refractivity contribution in [3.05, 3.63) is 30.1 Å². The molecule has 1 aromatic rings. The van der Waals surface area contributed by atoms with Crippen LogP contribution in [0.15, 0.2) is 24.5 Å². The standard InChI is InChI=1S/C10H10F3NO2/c11-10(12,13)8(5-9(15)16)4-7-2-1-3-14-6-7/h1-3,6,8H,4-5H2,(H,15,16). The van der Waals surface area contributed by atoms with Crippen molar-refractivity contribution in [3.8, 4) is 0 Å². The number of pyridine rings is 1. The second-order valence-electron chi connectivity index (χ2n) is 3.40. The minimum Gasteiger partial charge on any atom is -0.481 e. The molecule has 6 heteroatoms. The maximum Gasteiger partial charge on any atom is 0.392 e. The zero-order valence-corrected chi connectivity index (χ0v) is 8.24. The van der Waals surface area contributed by atoms with Gasteiger partial charge in [0.25, 0.3) is 0 Å². The molecule has 0 aromatic carbocycles. The van der Waals surface area contributed by atoms with Gasteiger partial charge in [0, 0.05) is 12.4 Å². The van der Waals surface area contributed by atoms with Crippen molar-refractivity contribution in [3.63, 3.8) is 0 Å². The lowest BCUT2D eigenvalue weighted by Crippen LogP contribution is -2.27. The predicted molar refractivity (Wildman–Crippen MR) is 49.7 cm³/mol. The fourth-order valence-electron chi connectivity index (χ4n) is 1.32. The van der Waals surface area contributed by atoms with Crippen LogP contribution in [0, 0.1) is 5.92 Å². The molecule has 0 aliphatic heterocycles. The van der Waals surface area contributed by atoms with Crippen molar-refractivity contribution in [2.24, 2.45) is 5.92 Å². The normalized spacial score (nSPS) is 13.4. The third-order valence-electron chi connectivity index (χ3n) is 2.09. The average molecular weight is 233 g/mol. The van der Waals surface area contributed by atoms with Crippen LogP contribution < -0.4 is 0 Å². The molecule has 0 bridgehead atoms. The number of aliphatic carboxylic acids is 1. The van der Waals surface area contributed by atoms with Crippen LogP contribution in [0.2, 0.25) is 0 Å². The Kier molecular flexibility index (Phi) is 3.87. The van der Waals surface area contributed by atoms with E-state index in [0.29, 0.717) is 5.56 Å². The lowest BCUT2D eigenvalue weighted by Gasteiger charge is -2.18. The van der Waals surface area contributed by atoms with Crippen molar-refractivity contribution in [2.75, 3.05) is 0 Å². The quantitative estimate of drug-likeness (QED) is 0.867. The molecule has 0 radical (unpaired) electrons. The Morgan fingerprint density at radius 1 is 1.50 bits per heavy atom. The second-order valence-corrected chi connectivity index (χ2v) is 3.40. The summed E-state index contributed by atoms with van der Waals surface area (Å²) in [4.78, 5) is 14.0. The highest BCUT2D eigenvalue weighted by Gasteiger charge is 2.40. The van der Waals surface area contributed by atoms with Gasteiger partial charge in [-0.15, -0.1) is 0 Å². The van der Waals surface area contributed by atoms with Gasteiger partial charge in [0.1, 0.15) is 0 Å². The molecule has 0 spiro atoms. The predicted octanol–water partition coefficient (Wildman–Crippen LogP) is 2.28. The maximum absolute atomic E-state index is 12.5. The fraction of sp³-hybridized carbons (Fsp3) is 0.400. The van der Waals surface area contributed by atoms with E-state index in [-0.39, 0.29) is 6.42 Å². The molecule has 16 heavy (non-hydrogen) atoms.